The third-order valence-electron chi connectivity index (χ3n) is 3.30. The molecular weight excluding hydrogens is 380 g/mol. The van der Waals surface area contributed by atoms with E-state index in [1.165, 1.54) is 0 Å². The maximum atomic E-state index is 12.5. The summed E-state index contributed by atoms with van der Waals surface area (Å²) in [4.78, 5) is 57.9. The first-order valence-electron chi connectivity index (χ1n) is 8.16. The Morgan fingerprint density at radius 2 is 1.48 bits per heavy atom. The van der Waals surface area contributed by atoms with E-state index in [1.54, 1.807) is 13.8 Å². The van der Waals surface area contributed by atoms with E-state index in [4.69, 9.17) is 15.9 Å². The lowest BCUT2D eigenvalue weighted by Crippen LogP contribution is -2.56. The average Bonchev–Trinajstić information content (AvgIpc) is 2.56. The third kappa shape index (κ3) is 10.4. The summed E-state index contributed by atoms with van der Waals surface area (Å²) in [6.07, 6.45) is -0.539. The van der Waals surface area contributed by atoms with Gasteiger partial charge < -0.3 is 31.9 Å². The molecule has 27 heavy (non-hydrogen) atoms. The maximum absolute atomic E-state index is 12.5. The topological polar surface area (TPSA) is 188 Å². The summed E-state index contributed by atoms with van der Waals surface area (Å²) in [7, 11) is 0. The second-order valence-electron chi connectivity index (χ2n) is 6.25. The zero-order valence-corrected chi connectivity index (χ0v) is 16.0. The molecule has 0 spiro atoms. The van der Waals surface area contributed by atoms with Gasteiger partial charge in [-0.2, -0.15) is 12.6 Å². The number of aliphatic carboxylic acids is 2. The molecule has 0 fully saturated rings. The second-order valence-corrected chi connectivity index (χ2v) is 6.62. The van der Waals surface area contributed by atoms with Crippen LogP contribution in [-0.4, -0.2) is 70.3 Å². The Balaban J connectivity index is 5.21. The minimum atomic E-state index is -1.50. The van der Waals surface area contributed by atoms with E-state index in [2.05, 4.69) is 23.3 Å². The number of carboxylic acids is 2. The van der Waals surface area contributed by atoms with Crippen LogP contribution in [0.1, 0.15) is 26.7 Å². The van der Waals surface area contributed by atoms with E-state index in [9.17, 15) is 24.0 Å². The van der Waals surface area contributed by atoms with Gasteiger partial charge in [0.25, 0.3) is 0 Å². The SMILES string of the molecule is CC(C)CC(NC(=O)C(N)CS)C(=O)NC(CC(=O)O)C(=O)NCC(=O)O. The van der Waals surface area contributed by atoms with Gasteiger partial charge in [-0.3, -0.25) is 24.0 Å². The predicted molar refractivity (Wildman–Crippen MR) is 98.0 cm³/mol. The number of carbonyl (C=O) groups excluding carboxylic acids is 3. The molecule has 0 aromatic rings. The molecule has 154 valence electrons. The van der Waals surface area contributed by atoms with Crippen molar-refractivity contribution in [3.8, 4) is 0 Å². The minimum Gasteiger partial charge on any atom is -0.481 e. The molecule has 0 bridgehead atoms. The quantitative estimate of drug-likeness (QED) is 0.180. The number of carbonyl (C=O) groups is 5. The monoisotopic (exact) mass is 406 g/mol. The van der Waals surface area contributed by atoms with E-state index in [1.807, 2.05) is 5.32 Å². The summed E-state index contributed by atoms with van der Waals surface area (Å²) in [5, 5.41) is 24.2. The number of carboxylic acid groups (broad SMARTS) is 2. The summed E-state index contributed by atoms with van der Waals surface area (Å²) in [6, 6.07) is -3.49. The molecular formula is C15H26N4O7S. The molecule has 0 heterocycles. The molecule has 7 N–H and O–H groups in total. The highest BCUT2D eigenvalue weighted by molar-refractivity contribution is 7.80. The summed E-state index contributed by atoms with van der Waals surface area (Å²) in [5.74, 6) is -5.00. The molecule has 0 aliphatic carbocycles. The largest absolute Gasteiger partial charge is 0.481 e. The van der Waals surface area contributed by atoms with Crippen molar-refractivity contribution in [2.75, 3.05) is 12.3 Å². The lowest BCUT2D eigenvalue weighted by molar-refractivity contribution is -0.141. The van der Waals surface area contributed by atoms with Crippen LogP contribution in [-0.2, 0) is 24.0 Å². The van der Waals surface area contributed by atoms with E-state index < -0.39 is 60.8 Å². The van der Waals surface area contributed by atoms with Crippen LogP contribution in [0.5, 0.6) is 0 Å². The van der Waals surface area contributed by atoms with Crippen LogP contribution in [0, 0.1) is 5.92 Å². The van der Waals surface area contributed by atoms with Crippen LogP contribution >= 0.6 is 12.6 Å². The molecule has 0 saturated carbocycles. The average molecular weight is 406 g/mol. The first-order valence-corrected chi connectivity index (χ1v) is 8.79. The number of rotatable bonds is 12. The Labute approximate surface area is 161 Å². The van der Waals surface area contributed by atoms with E-state index in [0.717, 1.165) is 0 Å². The highest BCUT2D eigenvalue weighted by Gasteiger charge is 2.29. The molecule has 3 atom stereocenters. The summed E-state index contributed by atoms with van der Waals surface area (Å²) < 4.78 is 0. The van der Waals surface area contributed by atoms with Gasteiger partial charge in [0.05, 0.1) is 12.5 Å². The van der Waals surface area contributed by atoms with Gasteiger partial charge in [0.2, 0.25) is 17.7 Å². The lowest BCUT2D eigenvalue weighted by atomic mass is 10.0. The molecule has 3 amide bonds. The van der Waals surface area contributed by atoms with Crippen LogP contribution in [0.2, 0.25) is 0 Å². The molecule has 12 heteroatoms. The zero-order valence-electron chi connectivity index (χ0n) is 15.1. The number of hydrogen-bond donors (Lipinski definition) is 7. The van der Waals surface area contributed by atoms with Gasteiger partial charge in [-0.15, -0.1) is 0 Å². The summed E-state index contributed by atoms with van der Waals surface area (Å²) >= 11 is 3.91. The van der Waals surface area contributed by atoms with Crippen molar-refractivity contribution >= 4 is 42.3 Å². The van der Waals surface area contributed by atoms with Crippen molar-refractivity contribution in [2.24, 2.45) is 11.7 Å². The van der Waals surface area contributed by atoms with E-state index >= 15 is 0 Å². The molecule has 0 aromatic heterocycles. The molecule has 0 aliphatic rings. The fourth-order valence-corrected chi connectivity index (χ4v) is 2.17. The Hall–Kier alpha value is -2.34. The standard InChI is InChI=1S/C15H26N4O7S/c1-7(2)3-9(18-13(24)8(16)6-27)15(26)19-10(4-11(20)21)14(25)17-5-12(22)23/h7-10,27H,3-6,16H2,1-2H3,(H,17,25)(H,18,24)(H,19,26)(H,20,21)(H,22,23). The number of nitrogens with one attached hydrogen (secondary N) is 3. The van der Waals surface area contributed by atoms with Gasteiger partial charge in [0.15, 0.2) is 0 Å². The third-order valence-corrected chi connectivity index (χ3v) is 3.69. The normalized spacial score (nSPS) is 14.0. The minimum absolute atomic E-state index is 0.00737. The van der Waals surface area contributed by atoms with Crippen LogP contribution in [0.4, 0.5) is 0 Å². The fourth-order valence-electron chi connectivity index (χ4n) is 2.01. The number of thiol groups is 1. The number of nitrogens with two attached hydrogens (primary N) is 1. The Morgan fingerprint density at radius 3 is 1.93 bits per heavy atom. The highest BCUT2D eigenvalue weighted by Crippen LogP contribution is 2.07. The molecule has 0 rings (SSSR count). The Kier molecular flexibility index (Phi) is 11.1. The van der Waals surface area contributed by atoms with E-state index in [-0.39, 0.29) is 18.1 Å². The van der Waals surface area contributed by atoms with Gasteiger partial charge in [-0.25, -0.2) is 0 Å². The van der Waals surface area contributed by atoms with Gasteiger partial charge >= 0.3 is 11.9 Å². The summed E-state index contributed by atoms with van der Waals surface area (Å²) in [6.45, 7) is 2.88. The highest BCUT2D eigenvalue weighted by atomic mass is 32.1. The van der Waals surface area contributed by atoms with Crippen molar-refractivity contribution in [1.29, 1.82) is 0 Å². The molecule has 0 radical (unpaired) electrons. The molecule has 11 nitrogen and oxygen atoms in total. The Morgan fingerprint density at radius 1 is 0.926 bits per heavy atom. The molecule has 3 unspecified atom stereocenters. The van der Waals surface area contributed by atoms with Crippen molar-refractivity contribution in [3.63, 3.8) is 0 Å². The van der Waals surface area contributed by atoms with Crippen molar-refractivity contribution in [1.82, 2.24) is 16.0 Å². The predicted octanol–water partition coefficient (Wildman–Crippen LogP) is -2.07. The Bertz CT molecular complexity index is 570. The number of amides is 3. The van der Waals surface area contributed by atoms with Gasteiger partial charge in [0.1, 0.15) is 18.6 Å². The fraction of sp³-hybridized carbons (Fsp3) is 0.667. The number of hydrogen-bond acceptors (Lipinski definition) is 7. The van der Waals surface area contributed by atoms with Gasteiger partial charge in [0, 0.05) is 5.75 Å². The maximum Gasteiger partial charge on any atom is 0.322 e. The van der Waals surface area contributed by atoms with Crippen LogP contribution in [0.3, 0.4) is 0 Å². The van der Waals surface area contributed by atoms with Crippen molar-refractivity contribution in [2.45, 2.75) is 44.8 Å². The van der Waals surface area contributed by atoms with Crippen molar-refractivity contribution < 1.29 is 34.2 Å². The van der Waals surface area contributed by atoms with Gasteiger partial charge in [-0.05, 0) is 12.3 Å². The van der Waals surface area contributed by atoms with Crippen molar-refractivity contribution in [3.05, 3.63) is 0 Å². The smallest absolute Gasteiger partial charge is 0.322 e. The van der Waals surface area contributed by atoms with Gasteiger partial charge in [-0.1, -0.05) is 13.8 Å². The summed E-state index contributed by atoms with van der Waals surface area (Å²) in [5.41, 5.74) is 5.56. The molecule has 0 aromatic carbocycles. The van der Waals surface area contributed by atoms with E-state index in [0.29, 0.717) is 0 Å². The molecule has 0 aliphatic heterocycles. The zero-order chi connectivity index (χ0) is 21.1. The van der Waals surface area contributed by atoms with Crippen LogP contribution < -0.4 is 21.7 Å². The first kappa shape index (κ1) is 24.7. The molecule has 0 saturated heterocycles. The van der Waals surface area contributed by atoms with Crippen LogP contribution in [0.15, 0.2) is 0 Å². The lowest BCUT2D eigenvalue weighted by Gasteiger charge is -2.24. The first-order chi connectivity index (χ1) is 12.5. The second kappa shape index (κ2) is 12.1. The van der Waals surface area contributed by atoms with Crippen LogP contribution in [0.25, 0.3) is 0 Å².